The van der Waals surface area contributed by atoms with Crippen LogP contribution in [0.2, 0.25) is 5.02 Å². The van der Waals surface area contributed by atoms with E-state index in [0.29, 0.717) is 12.0 Å². The van der Waals surface area contributed by atoms with E-state index >= 15 is 0 Å². The summed E-state index contributed by atoms with van der Waals surface area (Å²) in [6.45, 7) is 7.55. The van der Waals surface area contributed by atoms with Crippen molar-refractivity contribution in [2.24, 2.45) is 11.1 Å². The van der Waals surface area contributed by atoms with Crippen LogP contribution >= 0.6 is 27.5 Å². The first-order valence-electron chi connectivity index (χ1n) is 7.38. The molecule has 1 atom stereocenters. The van der Waals surface area contributed by atoms with Crippen molar-refractivity contribution >= 4 is 27.5 Å². The highest BCUT2D eigenvalue weighted by atomic mass is 79.9. The predicted octanol–water partition coefficient (Wildman–Crippen LogP) is 4.61. The minimum Gasteiger partial charge on any atom is -0.329 e. The average Bonchev–Trinajstić information content (AvgIpc) is 2.45. The summed E-state index contributed by atoms with van der Waals surface area (Å²) in [5.74, 6) is 0. The maximum Gasteiger partial charge on any atom is 0.0482 e. The Hall–Kier alpha value is -0.0900. The molecule has 0 aliphatic carbocycles. The second-order valence-electron chi connectivity index (χ2n) is 6.12. The van der Waals surface area contributed by atoms with Gasteiger partial charge in [0.25, 0.3) is 0 Å². The summed E-state index contributed by atoms with van der Waals surface area (Å²) in [6.07, 6.45) is 3.76. The van der Waals surface area contributed by atoms with Crippen LogP contribution in [-0.4, -0.2) is 24.5 Å². The second-order valence-corrected chi connectivity index (χ2v) is 7.41. The molecule has 112 valence electrons. The summed E-state index contributed by atoms with van der Waals surface area (Å²) in [6, 6.07) is 6.22. The molecule has 1 aliphatic heterocycles. The van der Waals surface area contributed by atoms with E-state index in [1.54, 1.807) is 0 Å². The molecule has 1 aromatic carbocycles. The minimum atomic E-state index is 0.254. The van der Waals surface area contributed by atoms with E-state index in [1.807, 2.05) is 18.2 Å². The van der Waals surface area contributed by atoms with Crippen molar-refractivity contribution in [2.45, 2.75) is 39.2 Å². The van der Waals surface area contributed by atoms with Crippen LogP contribution < -0.4 is 5.73 Å². The van der Waals surface area contributed by atoms with Gasteiger partial charge in [0.2, 0.25) is 0 Å². The van der Waals surface area contributed by atoms with Gasteiger partial charge in [-0.25, -0.2) is 0 Å². The smallest absolute Gasteiger partial charge is 0.0482 e. The third kappa shape index (κ3) is 3.56. The highest BCUT2D eigenvalue weighted by Gasteiger charge is 2.32. The van der Waals surface area contributed by atoms with Crippen molar-refractivity contribution < 1.29 is 0 Å². The van der Waals surface area contributed by atoms with E-state index < -0.39 is 0 Å². The SMILES string of the molecule is CCC1(C)CCN(C(CN)c2cc(Cl)ccc2Br)CC1. The highest BCUT2D eigenvalue weighted by molar-refractivity contribution is 9.10. The van der Waals surface area contributed by atoms with Crippen molar-refractivity contribution in [3.8, 4) is 0 Å². The average molecular weight is 360 g/mol. The maximum absolute atomic E-state index is 6.14. The molecule has 0 saturated carbocycles. The number of piperidine rings is 1. The van der Waals surface area contributed by atoms with Gasteiger partial charge in [0.1, 0.15) is 0 Å². The molecular weight excluding hydrogens is 336 g/mol. The van der Waals surface area contributed by atoms with E-state index in [1.165, 1.54) is 24.8 Å². The van der Waals surface area contributed by atoms with Gasteiger partial charge < -0.3 is 5.73 Å². The van der Waals surface area contributed by atoms with Gasteiger partial charge in [-0.15, -0.1) is 0 Å². The second kappa shape index (κ2) is 6.78. The molecule has 4 heteroatoms. The first-order chi connectivity index (χ1) is 9.49. The fraction of sp³-hybridized carbons (Fsp3) is 0.625. The Balaban J connectivity index is 2.15. The predicted molar refractivity (Wildman–Crippen MR) is 90.2 cm³/mol. The van der Waals surface area contributed by atoms with Crippen LogP contribution in [0.1, 0.15) is 44.7 Å². The highest BCUT2D eigenvalue weighted by Crippen LogP contribution is 2.38. The quantitative estimate of drug-likeness (QED) is 0.850. The number of hydrogen-bond acceptors (Lipinski definition) is 2. The molecule has 2 N–H and O–H groups in total. The van der Waals surface area contributed by atoms with E-state index in [-0.39, 0.29) is 6.04 Å². The Morgan fingerprint density at radius 1 is 1.40 bits per heavy atom. The lowest BCUT2D eigenvalue weighted by molar-refractivity contribution is 0.0826. The Kier molecular flexibility index (Phi) is 5.52. The van der Waals surface area contributed by atoms with E-state index in [2.05, 4.69) is 34.7 Å². The number of nitrogens with zero attached hydrogens (tertiary/aromatic N) is 1. The first kappa shape index (κ1) is 16.3. The third-order valence-corrected chi connectivity index (χ3v) is 5.80. The molecular formula is C16H24BrClN2. The van der Waals surface area contributed by atoms with Crippen LogP contribution in [0.15, 0.2) is 22.7 Å². The molecule has 0 bridgehead atoms. The van der Waals surface area contributed by atoms with Crippen LogP contribution in [-0.2, 0) is 0 Å². The summed E-state index contributed by atoms with van der Waals surface area (Å²) in [5, 5.41) is 0.775. The molecule has 0 amide bonds. The van der Waals surface area contributed by atoms with Gasteiger partial charge in [-0.05, 0) is 55.1 Å². The first-order valence-corrected chi connectivity index (χ1v) is 8.55. The molecule has 1 fully saturated rings. The monoisotopic (exact) mass is 358 g/mol. The van der Waals surface area contributed by atoms with Gasteiger partial charge in [0.15, 0.2) is 0 Å². The minimum absolute atomic E-state index is 0.254. The van der Waals surface area contributed by atoms with E-state index in [4.69, 9.17) is 17.3 Å². The topological polar surface area (TPSA) is 29.3 Å². The molecule has 1 aliphatic rings. The zero-order valence-electron chi connectivity index (χ0n) is 12.3. The number of hydrogen-bond donors (Lipinski definition) is 1. The van der Waals surface area contributed by atoms with Crippen LogP contribution in [0.3, 0.4) is 0 Å². The van der Waals surface area contributed by atoms with Crippen LogP contribution in [0.5, 0.6) is 0 Å². The van der Waals surface area contributed by atoms with Gasteiger partial charge in [-0.2, -0.15) is 0 Å². The zero-order chi connectivity index (χ0) is 14.8. The summed E-state index contributed by atoms with van der Waals surface area (Å²) in [5.41, 5.74) is 7.76. The molecule has 1 heterocycles. The standard InChI is InChI=1S/C16H24BrClN2/c1-3-16(2)6-8-20(9-7-16)15(11-19)13-10-12(18)4-5-14(13)17/h4-5,10,15H,3,6-9,11,19H2,1-2H3. The van der Waals surface area contributed by atoms with Crippen LogP contribution in [0, 0.1) is 5.41 Å². The van der Waals surface area contributed by atoms with Gasteiger partial charge in [0.05, 0.1) is 0 Å². The van der Waals surface area contributed by atoms with Crippen molar-refractivity contribution in [1.29, 1.82) is 0 Å². The fourth-order valence-electron chi connectivity index (χ4n) is 2.97. The van der Waals surface area contributed by atoms with Crippen molar-refractivity contribution in [1.82, 2.24) is 4.90 Å². The molecule has 1 unspecified atom stereocenters. The van der Waals surface area contributed by atoms with E-state index in [9.17, 15) is 0 Å². The van der Waals surface area contributed by atoms with Gasteiger partial charge in [-0.1, -0.05) is 47.8 Å². The van der Waals surface area contributed by atoms with Crippen molar-refractivity contribution in [2.75, 3.05) is 19.6 Å². The van der Waals surface area contributed by atoms with E-state index in [0.717, 1.165) is 22.6 Å². The summed E-state index contributed by atoms with van der Waals surface area (Å²) in [7, 11) is 0. The largest absolute Gasteiger partial charge is 0.329 e. The molecule has 20 heavy (non-hydrogen) atoms. The molecule has 2 nitrogen and oxygen atoms in total. The lowest BCUT2D eigenvalue weighted by Gasteiger charge is -2.42. The van der Waals surface area contributed by atoms with Gasteiger partial charge >= 0.3 is 0 Å². The van der Waals surface area contributed by atoms with Crippen LogP contribution in [0.4, 0.5) is 0 Å². The molecule has 0 aromatic heterocycles. The number of likely N-dealkylation sites (tertiary alicyclic amines) is 1. The molecule has 2 rings (SSSR count). The Morgan fingerprint density at radius 2 is 2.05 bits per heavy atom. The molecule has 0 radical (unpaired) electrons. The van der Waals surface area contributed by atoms with Crippen LogP contribution in [0.25, 0.3) is 0 Å². The Morgan fingerprint density at radius 3 is 2.60 bits per heavy atom. The molecule has 1 aromatic rings. The summed E-state index contributed by atoms with van der Waals surface area (Å²) >= 11 is 9.78. The number of benzene rings is 1. The number of halogens is 2. The maximum atomic E-state index is 6.14. The zero-order valence-corrected chi connectivity index (χ0v) is 14.7. The number of rotatable bonds is 4. The lowest BCUT2D eigenvalue weighted by Crippen LogP contribution is -2.42. The summed E-state index contributed by atoms with van der Waals surface area (Å²) < 4.78 is 1.10. The Bertz CT molecular complexity index is 456. The van der Waals surface area contributed by atoms with Gasteiger partial charge in [0, 0.05) is 22.1 Å². The van der Waals surface area contributed by atoms with Gasteiger partial charge in [-0.3, -0.25) is 4.90 Å². The molecule has 0 spiro atoms. The number of nitrogens with two attached hydrogens (primary N) is 1. The lowest BCUT2D eigenvalue weighted by atomic mass is 9.78. The molecule has 1 saturated heterocycles. The van der Waals surface area contributed by atoms with Crippen molar-refractivity contribution in [3.05, 3.63) is 33.3 Å². The Labute approximate surface area is 135 Å². The third-order valence-electron chi connectivity index (χ3n) is 4.84. The van der Waals surface area contributed by atoms with Crippen molar-refractivity contribution in [3.63, 3.8) is 0 Å². The summed E-state index contributed by atoms with van der Waals surface area (Å²) in [4.78, 5) is 2.51. The normalized spacial score (nSPS) is 20.9. The fourth-order valence-corrected chi connectivity index (χ4v) is 3.66.